The molecule has 0 aliphatic carbocycles. The average molecular weight is 445 g/mol. The molecule has 2 aromatic carbocycles. The number of nitrogens with zero attached hydrogens (tertiary/aromatic N) is 4. The van der Waals surface area contributed by atoms with Gasteiger partial charge in [-0.25, -0.2) is 4.57 Å². The first-order valence-corrected chi connectivity index (χ1v) is 11.5. The number of benzene rings is 2. The molecule has 5 rings (SSSR count). The van der Waals surface area contributed by atoms with Crippen LogP contribution in [-0.4, -0.2) is 15.2 Å². The van der Waals surface area contributed by atoms with E-state index < -0.39 is 0 Å². The van der Waals surface area contributed by atoms with Gasteiger partial charge >= 0.3 is 0 Å². The van der Waals surface area contributed by atoms with Gasteiger partial charge in [-0.1, -0.05) is 48.5 Å². The Kier molecular flexibility index (Phi) is 5.23. The lowest BCUT2D eigenvalue weighted by Crippen LogP contribution is -2.32. The predicted octanol–water partition coefficient (Wildman–Crippen LogP) is 6.14. The van der Waals surface area contributed by atoms with Gasteiger partial charge in [0.2, 0.25) is 0 Å². The Hall–Kier alpha value is -3.16. The van der Waals surface area contributed by atoms with Crippen LogP contribution in [0.3, 0.4) is 0 Å². The molecule has 0 fully saturated rings. The number of ether oxygens (including phenoxy) is 1. The maximum Gasteiger partial charge on any atom is 0.268 e. The van der Waals surface area contributed by atoms with Gasteiger partial charge in [0.15, 0.2) is 0 Å². The molecule has 0 saturated heterocycles. The van der Waals surface area contributed by atoms with Crippen LogP contribution in [-0.2, 0) is 17.8 Å². The molecule has 0 bridgehead atoms. The molecule has 7 heteroatoms. The fraction of sp³-hybridized carbons (Fsp3) is 0.280. The normalized spacial score (nSPS) is 16.3. The van der Waals surface area contributed by atoms with Crippen LogP contribution in [0.25, 0.3) is 15.9 Å². The lowest BCUT2D eigenvalue weighted by molar-refractivity contribution is -0.0379. The lowest BCUT2D eigenvalue weighted by Gasteiger charge is -2.29. The first-order valence-electron chi connectivity index (χ1n) is 10.7. The summed E-state index contributed by atoms with van der Waals surface area (Å²) in [7, 11) is 0. The van der Waals surface area contributed by atoms with Crippen LogP contribution in [0.5, 0.6) is 0 Å². The zero-order valence-corrected chi connectivity index (χ0v) is 19.1. The van der Waals surface area contributed by atoms with E-state index in [1.165, 1.54) is 11.3 Å². The number of fused-ring (bicyclic) bond motifs is 3. The second-order valence-electron chi connectivity index (χ2n) is 8.60. The summed E-state index contributed by atoms with van der Waals surface area (Å²) < 4.78 is 7.53. The van der Waals surface area contributed by atoms with Crippen LogP contribution in [0.2, 0.25) is 0 Å². The van der Waals surface area contributed by atoms with Crippen molar-refractivity contribution in [3.05, 3.63) is 87.0 Å². The van der Waals surface area contributed by atoms with E-state index in [0.717, 1.165) is 21.7 Å². The standard InChI is InChI=1S/C25H24N4O2S/c1-16(17-10-6-4-7-11-17)27-28-24-26-22-21(19-14-25(2,3)31-15-20(19)32-22)23(30)29(24)18-12-8-5-9-13-18/h4-13,16H,14-15H2,1-3H3/t16-/m0/s1. The van der Waals surface area contributed by atoms with Crippen LogP contribution in [0.1, 0.15) is 42.8 Å². The smallest absolute Gasteiger partial charge is 0.268 e. The largest absolute Gasteiger partial charge is 0.370 e. The average Bonchev–Trinajstić information content (AvgIpc) is 3.15. The summed E-state index contributed by atoms with van der Waals surface area (Å²) in [4.78, 5) is 20.3. The molecule has 2 aromatic heterocycles. The molecular weight excluding hydrogens is 420 g/mol. The molecule has 0 unspecified atom stereocenters. The van der Waals surface area contributed by atoms with Crippen LogP contribution in [0.15, 0.2) is 75.7 Å². The minimum atomic E-state index is -0.311. The van der Waals surface area contributed by atoms with E-state index in [0.29, 0.717) is 23.2 Å². The van der Waals surface area contributed by atoms with Gasteiger partial charge in [-0.3, -0.25) is 4.79 Å². The molecule has 0 saturated carbocycles. The van der Waals surface area contributed by atoms with Crippen molar-refractivity contribution in [1.82, 2.24) is 9.55 Å². The van der Waals surface area contributed by atoms with Gasteiger partial charge in [-0.15, -0.1) is 16.5 Å². The number of azo groups is 1. The Bertz CT molecular complexity index is 1360. The van der Waals surface area contributed by atoms with Gasteiger partial charge in [0, 0.05) is 11.3 Å². The fourth-order valence-corrected chi connectivity index (χ4v) is 5.08. The summed E-state index contributed by atoms with van der Waals surface area (Å²) in [5.74, 6) is 0.287. The Labute approximate surface area is 190 Å². The quantitative estimate of drug-likeness (QED) is 0.355. The second-order valence-corrected chi connectivity index (χ2v) is 9.68. The van der Waals surface area contributed by atoms with Crippen LogP contribution >= 0.6 is 11.3 Å². The van der Waals surface area contributed by atoms with E-state index in [2.05, 4.69) is 24.1 Å². The molecule has 0 radical (unpaired) electrons. The first-order chi connectivity index (χ1) is 15.4. The van der Waals surface area contributed by atoms with Gasteiger partial charge < -0.3 is 4.74 Å². The van der Waals surface area contributed by atoms with Crippen LogP contribution < -0.4 is 5.56 Å². The minimum Gasteiger partial charge on any atom is -0.370 e. The Morgan fingerprint density at radius 2 is 1.78 bits per heavy atom. The Balaban J connectivity index is 1.69. The zero-order chi connectivity index (χ0) is 22.3. The van der Waals surface area contributed by atoms with Crippen molar-refractivity contribution >= 4 is 27.5 Å². The summed E-state index contributed by atoms with van der Waals surface area (Å²) in [5, 5.41) is 9.61. The van der Waals surface area contributed by atoms with Crippen LogP contribution in [0.4, 0.5) is 5.95 Å². The molecule has 0 N–H and O–H groups in total. The number of rotatable bonds is 4. The third kappa shape index (κ3) is 3.78. The van der Waals surface area contributed by atoms with Crippen molar-refractivity contribution in [2.24, 2.45) is 10.2 Å². The van der Waals surface area contributed by atoms with E-state index in [1.807, 2.05) is 67.6 Å². The number of aromatic nitrogens is 2. The summed E-state index contributed by atoms with van der Waals surface area (Å²) in [6.07, 6.45) is 0.681. The van der Waals surface area contributed by atoms with Crippen molar-refractivity contribution < 1.29 is 4.74 Å². The molecule has 0 amide bonds. The highest BCUT2D eigenvalue weighted by Gasteiger charge is 2.31. The zero-order valence-electron chi connectivity index (χ0n) is 18.3. The molecule has 3 heterocycles. The predicted molar refractivity (Wildman–Crippen MR) is 127 cm³/mol. The monoisotopic (exact) mass is 444 g/mol. The molecular formula is C25H24N4O2S. The minimum absolute atomic E-state index is 0.113. The highest BCUT2D eigenvalue weighted by Crippen LogP contribution is 2.38. The second kappa shape index (κ2) is 8.07. The van der Waals surface area contributed by atoms with Gasteiger partial charge in [-0.05, 0) is 44.0 Å². The molecule has 1 aliphatic rings. The van der Waals surface area contributed by atoms with Gasteiger partial charge in [0.1, 0.15) is 4.83 Å². The summed E-state index contributed by atoms with van der Waals surface area (Å²) in [6.45, 7) is 6.58. The van der Waals surface area contributed by atoms with E-state index in [1.54, 1.807) is 4.57 Å². The van der Waals surface area contributed by atoms with Crippen molar-refractivity contribution in [1.29, 1.82) is 0 Å². The molecule has 32 heavy (non-hydrogen) atoms. The van der Waals surface area contributed by atoms with Crippen molar-refractivity contribution in [2.75, 3.05) is 0 Å². The molecule has 162 valence electrons. The van der Waals surface area contributed by atoms with E-state index in [-0.39, 0.29) is 23.2 Å². The van der Waals surface area contributed by atoms with Crippen molar-refractivity contribution in [3.8, 4) is 5.69 Å². The fourth-order valence-electron chi connectivity index (χ4n) is 4.00. The van der Waals surface area contributed by atoms with E-state index in [4.69, 9.17) is 9.72 Å². The third-order valence-corrected chi connectivity index (χ3v) is 6.80. The number of thiophene rings is 1. The van der Waals surface area contributed by atoms with Gasteiger partial charge in [0.25, 0.3) is 11.5 Å². The van der Waals surface area contributed by atoms with Gasteiger partial charge in [-0.2, -0.15) is 10.1 Å². The topological polar surface area (TPSA) is 68.8 Å². The highest BCUT2D eigenvalue weighted by atomic mass is 32.1. The van der Waals surface area contributed by atoms with E-state index >= 15 is 0 Å². The highest BCUT2D eigenvalue weighted by molar-refractivity contribution is 7.18. The molecule has 0 spiro atoms. The third-order valence-electron chi connectivity index (χ3n) is 5.70. The lowest BCUT2D eigenvalue weighted by atomic mass is 9.94. The Morgan fingerprint density at radius 1 is 1.09 bits per heavy atom. The number of para-hydroxylation sites is 1. The van der Waals surface area contributed by atoms with Gasteiger partial charge in [0.05, 0.1) is 29.3 Å². The molecule has 6 nitrogen and oxygen atoms in total. The molecule has 1 aliphatic heterocycles. The van der Waals surface area contributed by atoms with Crippen molar-refractivity contribution in [2.45, 2.75) is 45.4 Å². The summed E-state index contributed by atoms with van der Waals surface area (Å²) >= 11 is 1.51. The summed E-state index contributed by atoms with van der Waals surface area (Å²) in [5.41, 5.74) is 2.40. The van der Waals surface area contributed by atoms with Crippen LogP contribution in [0, 0.1) is 0 Å². The number of hydrogen-bond donors (Lipinski definition) is 0. The number of hydrogen-bond acceptors (Lipinski definition) is 6. The SMILES string of the molecule is C[C@H](N=Nc1nc2sc3c(c2c(=O)n1-c1ccccc1)CC(C)(C)OC3)c1ccccc1. The maximum absolute atomic E-state index is 13.8. The Morgan fingerprint density at radius 3 is 2.50 bits per heavy atom. The maximum atomic E-state index is 13.8. The first kappa shape index (κ1) is 20.7. The van der Waals surface area contributed by atoms with Crippen molar-refractivity contribution in [3.63, 3.8) is 0 Å². The molecule has 1 atom stereocenters. The van der Waals surface area contributed by atoms with E-state index in [9.17, 15) is 4.79 Å². The molecule has 4 aromatic rings. The summed E-state index contributed by atoms with van der Waals surface area (Å²) in [6, 6.07) is 19.3.